The van der Waals surface area contributed by atoms with Gasteiger partial charge in [0.15, 0.2) is 6.10 Å². The number of aliphatic carboxylic acids is 1. The normalized spacial score (nSPS) is 20.1. The molecule has 1 aliphatic heterocycles. The largest absolute Gasteiger partial charge is 0.481 e. The summed E-state index contributed by atoms with van der Waals surface area (Å²) in [7, 11) is 0. The Balaban J connectivity index is 2.01. The van der Waals surface area contributed by atoms with Crippen LogP contribution in [0.2, 0.25) is 0 Å². The Hall–Kier alpha value is -2.04. The van der Waals surface area contributed by atoms with Crippen LogP contribution >= 0.6 is 0 Å². The third kappa shape index (κ3) is 3.05. The Labute approximate surface area is 111 Å². The molecule has 102 valence electrons. The lowest BCUT2D eigenvalue weighted by Gasteiger charge is -2.25. The van der Waals surface area contributed by atoms with Gasteiger partial charge < -0.3 is 14.7 Å². The number of nitrogens with zero attached hydrogens (tertiary/aromatic N) is 1. The first kappa shape index (κ1) is 13.4. The number of carbonyl (C=O) groups is 2. The van der Waals surface area contributed by atoms with Crippen LogP contribution < -0.4 is 4.74 Å². The van der Waals surface area contributed by atoms with Gasteiger partial charge in [0.05, 0.1) is 0 Å². The summed E-state index contributed by atoms with van der Waals surface area (Å²) in [6, 6.07) is 8.32. The minimum Gasteiger partial charge on any atom is -0.481 e. The number of amides is 1. The van der Waals surface area contributed by atoms with Gasteiger partial charge >= 0.3 is 5.97 Å². The molecule has 0 spiro atoms. The standard InChI is InChI=1S/C14H17NO4/c1-10(19-11-6-3-2-4-7-11)13(16)15-9-5-8-12(15)14(17)18/h2-4,6-7,10,12H,5,8-9H2,1H3,(H,17,18)/t10?,12-/m1/s1. The average Bonchev–Trinajstić information content (AvgIpc) is 2.88. The van der Waals surface area contributed by atoms with Gasteiger partial charge in [0.25, 0.3) is 5.91 Å². The van der Waals surface area contributed by atoms with E-state index < -0.39 is 18.1 Å². The van der Waals surface area contributed by atoms with E-state index in [1.165, 1.54) is 4.90 Å². The fourth-order valence-corrected chi connectivity index (χ4v) is 2.27. The second-order valence-electron chi connectivity index (χ2n) is 4.60. The average molecular weight is 263 g/mol. The molecule has 1 heterocycles. The first-order valence-corrected chi connectivity index (χ1v) is 6.34. The molecule has 0 radical (unpaired) electrons. The van der Waals surface area contributed by atoms with E-state index in [4.69, 9.17) is 9.84 Å². The van der Waals surface area contributed by atoms with Crippen LogP contribution in [0.5, 0.6) is 5.75 Å². The molecule has 1 aromatic carbocycles. The van der Waals surface area contributed by atoms with Crippen LogP contribution in [-0.2, 0) is 9.59 Å². The molecule has 5 heteroatoms. The molecule has 1 aliphatic rings. The molecule has 1 fully saturated rings. The number of para-hydroxylation sites is 1. The van der Waals surface area contributed by atoms with Crippen molar-refractivity contribution in [2.45, 2.75) is 31.9 Å². The molecule has 1 saturated heterocycles. The second kappa shape index (κ2) is 5.73. The molecular weight excluding hydrogens is 246 g/mol. The van der Waals surface area contributed by atoms with Crippen LogP contribution in [0.3, 0.4) is 0 Å². The maximum absolute atomic E-state index is 12.2. The summed E-state index contributed by atoms with van der Waals surface area (Å²) < 4.78 is 5.53. The molecule has 2 atom stereocenters. The number of benzene rings is 1. The number of hydrogen-bond acceptors (Lipinski definition) is 3. The number of carboxylic acid groups (broad SMARTS) is 1. The van der Waals surface area contributed by atoms with E-state index >= 15 is 0 Å². The molecular formula is C14H17NO4. The van der Waals surface area contributed by atoms with Crippen molar-refractivity contribution < 1.29 is 19.4 Å². The van der Waals surface area contributed by atoms with Crippen molar-refractivity contribution in [1.29, 1.82) is 0 Å². The van der Waals surface area contributed by atoms with E-state index in [1.807, 2.05) is 18.2 Å². The second-order valence-corrected chi connectivity index (χ2v) is 4.60. The van der Waals surface area contributed by atoms with Crippen molar-refractivity contribution in [2.75, 3.05) is 6.54 Å². The van der Waals surface area contributed by atoms with E-state index in [1.54, 1.807) is 19.1 Å². The highest BCUT2D eigenvalue weighted by Gasteiger charge is 2.36. The number of ether oxygens (including phenoxy) is 1. The monoisotopic (exact) mass is 263 g/mol. The van der Waals surface area contributed by atoms with Gasteiger partial charge in [-0.2, -0.15) is 0 Å². The van der Waals surface area contributed by atoms with E-state index in [0.717, 1.165) is 6.42 Å². The minimum absolute atomic E-state index is 0.270. The lowest BCUT2D eigenvalue weighted by Crippen LogP contribution is -2.46. The molecule has 2 rings (SSSR count). The zero-order chi connectivity index (χ0) is 13.8. The first-order chi connectivity index (χ1) is 9.09. The molecule has 1 unspecified atom stereocenters. The highest BCUT2D eigenvalue weighted by atomic mass is 16.5. The van der Waals surface area contributed by atoms with Crippen molar-refractivity contribution in [3.8, 4) is 5.75 Å². The lowest BCUT2D eigenvalue weighted by atomic mass is 10.2. The number of hydrogen-bond donors (Lipinski definition) is 1. The van der Waals surface area contributed by atoms with Crippen molar-refractivity contribution in [3.63, 3.8) is 0 Å². The van der Waals surface area contributed by atoms with Gasteiger partial charge in [-0.15, -0.1) is 0 Å². The Morgan fingerprint density at radius 2 is 2.05 bits per heavy atom. The smallest absolute Gasteiger partial charge is 0.326 e. The summed E-state index contributed by atoms with van der Waals surface area (Å²) in [5, 5.41) is 9.07. The van der Waals surface area contributed by atoms with Crippen LogP contribution in [0.1, 0.15) is 19.8 Å². The molecule has 0 saturated carbocycles. The maximum atomic E-state index is 12.2. The fraction of sp³-hybridized carbons (Fsp3) is 0.429. The van der Waals surface area contributed by atoms with Crippen LogP contribution in [0, 0.1) is 0 Å². The van der Waals surface area contributed by atoms with Gasteiger partial charge in [-0.05, 0) is 31.9 Å². The number of carboxylic acids is 1. The molecule has 0 aromatic heterocycles. The summed E-state index contributed by atoms with van der Waals surface area (Å²) in [5.74, 6) is -0.610. The lowest BCUT2D eigenvalue weighted by molar-refractivity contribution is -0.150. The maximum Gasteiger partial charge on any atom is 0.326 e. The highest BCUT2D eigenvalue weighted by Crippen LogP contribution is 2.20. The minimum atomic E-state index is -0.947. The zero-order valence-electron chi connectivity index (χ0n) is 10.8. The molecule has 0 aliphatic carbocycles. The number of carbonyl (C=O) groups excluding carboxylic acids is 1. The fourth-order valence-electron chi connectivity index (χ4n) is 2.27. The summed E-state index contributed by atoms with van der Waals surface area (Å²) in [6.07, 6.45) is 0.558. The van der Waals surface area contributed by atoms with Crippen LogP contribution in [0.25, 0.3) is 0 Å². The summed E-state index contributed by atoms with van der Waals surface area (Å²) in [6.45, 7) is 2.13. The van der Waals surface area contributed by atoms with Gasteiger partial charge in [-0.1, -0.05) is 18.2 Å². The Morgan fingerprint density at radius 1 is 1.37 bits per heavy atom. The zero-order valence-corrected chi connectivity index (χ0v) is 10.8. The van der Waals surface area contributed by atoms with E-state index in [-0.39, 0.29) is 5.91 Å². The summed E-state index contributed by atoms with van der Waals surface area (Å²) in [4.78, 5) is 24.7. The molecule has 1 aromatic rings. The Kier molecular flexibility index (Phi) is 4.04. The van der Waals surface area contributed by atoms with E-state index in [2.05, 4.69) is 0 Å². The Morgan fingerprint density at radius 3 is 2.68 bits per heavy atom. The van der Waals surface area contributed by atoms with Crippen molar-refractivity contribution in [3.05, 3.63) is 30.3 Å². The van der Waals surface area contributed by atoms with E-state index in [0.29, 0.717) is 18.7 Å². The summed E-state index contributed by atoms with van der Waals surface area (Å²) >= 11 is 0. The summed E-state index contributed by atoms with van der Waals surface area (Å²) in [5.41, 5.74) is 0. The third-order valence-corrected chi connectivity index (χ3v) is 3.22. The quantitative estimate of drug-likeness (QED) is 0.894. The van der Waals surface area contributed by atoms with E-state index in [9.17, 15) is 9.59 Å². The molecule has 0 bridgehead atoms. The van der Waals surface area contributed by atoms with Crippen LogP contribution in [0.15, 0.2) is 30.3 Å². The third-order valence-electron chi connectivity index (χ3n) is 3.22. The van der Waals surface area contributed by atoms with Gasteiger partial charge in [0, 0.05) is 6.54 Å². The number of rotatable bonds is 4. The van der Waals surface area contributed by atoms with Crippen molar-refractivity contribution >= 4 is 11.9 Å². The molecule has 1 N–H and O–H groups in total. The number of likely N-dealkylation sites (tertiary alicyclic amines) is 1. The van der Waals surface area contributed by atoms with Gasteiger partial charge in [0.1, 0.15) is 11.8 Å². The topological polar surface area (TPSA) is 66.8 Å². The van der Waals surface area contributed by atoms with Crippen molar-refractivity contribution in [1.82, 2.24) is 4.90 Å². The van der Waals surface area contributed by atoms with Crippen LogP contribution in [0.4, 0.5) is 0 Å². The first-order valence-electron chi connectivity index (χ1n) is 6.34. The molecule has 5 nitrogen and oxygen atoms in total. The van der Waals surface area contributed by atoms with Gasteiger partial charge in [-0.3, -0.25) is 4.79 Å². The van der Waals surface area contributed by atoms with Crippen molar-refractivity contribution in [2.24, 2.45) is 0 Å². The van der Waals surface area contributed by atoms with Crippen LogP contribution in [-0.4, -0.2) is 40.6 Å². The molecule has 1 amide bonds. The highest BCUT2D eigenvalue weighted by molar-refractivity contribution is 5.86. The van der Waals surface area contributed by atoms with Gasteiger partial charge in [0.2, 0.25) is 0 Å². The predicted octanol–water partition coefficient (Wildman–Crippen LogP) is 1.53. The molecule has 19 heavy (non-hydrogen) atoms. The Bertz CT molecular complexity index is 460. The predicted molar refractivity (Wildman–Crippen MR) is 68.9 cm³/mol. The SMILES string of the molecule is CC(Oc1ccccc1)C(=O)N1CCC[C@@H]1C(=O)O. The van der Waals surface area contributed by atoms with Gasteiger partial charge in [-0.25, -0.2) is 4.79 Å².